The van der Waals surface area contributed by atoms with E-state index >= 15 is 0 Å². The molecule has 0 saturated carbocycles. The summed E-state index contributed by atoms with van der Waals surface area (Å²) in [5.74, 6) is 6.12. The van der Waals surface area contributed by atoms with Gasteiger partial charge in [-0.05, 0) is 96.7 Å². The fourth-order valence-corrected chi connectivity index (χ4v) is 4.45. The molecule has 0 spiro atoms. The number of ketones is 1. The minimum Gasteiger partial charge on any atom is -0.497 e. The zero-order valence-electron chi connectivity index (χ0n) is 29.2. The lowest BCUT2D eigenvalue weighted by molar-refractivity contribution is -0.158. The zero-order chi connectivity index (χ0) is 35.0. The second-order valence-electron chi connectivity index (χ2n) is 11.5. The minimum atomic E-state index is -1.14. The fraction of sp³-hybridized carbons (Fsp3) is 0.500. The Hall–Kier alpha value is -4.29. The molecule has 0 atom stereocenters. The van der Waals surface area contributed by atoms with E-state index in [9.17, 15) is 14.4 Å². The molecule has 0 aliphatic carbocycles. The molecule has 1 aliphatic heterocycles. The van der Waals surface area contributed by atoms with Crippen LogP contribution in [0.25, 0.3) is 0 Å². The second kappa shape index (κ2) is 19.3. The smallest absolute Gasteiger partial charge is 0.349 e. The van der Waals surface area contributed by atoms with Gasteiger partial charge in [-0.15, -0.1) is 0 Å². The predicted octanol–water partition coefficient (Wildman–Crippen LogP) is 4.86. The summed E-state index contributed by atoms with van der Waals surface area (Å²) in [6.07, 6.45) is 6.63. The van der Waals surface area contributed by atoms with Crippen molar-refractivity contribution in [1.29, 1.82) is 0 Å². The number of ether oxygens (including phenoxy) is 3. The number of rotatable bonds is 15. The highest BCUT2D eigenvalue weighted by Gasteiger charge is 2.32. The number of methoxy groups -OCH3 is 1. The van der Waals surface area contributed by atoms with Crippen LogP contribution in [0, 0.1) is 13.8 Å². The number of aryl methyl sites for hydroxylation is 2. The minimum absolute atomic E-state index is 0.0771. The van der Waals surface area contributed by atoms with Crippen molar-refractivity contribution in [3.63, 3.8) is 0 Å². The monoisotopic (exact) mass is 640 g/mol. The normalized spacial score (nSPS) is 13.6. The summed E-state index contributed by atoms with van der Waals surface area (Å²) in [6.45, 7) is 21.0. The topological polar surface area (TPSA) is 148 Å². The van der Waals surface area contributed by atoms with E-state index in [2.05, 4.69) is 17.1 Å². The molecule has 12 heteroatoms. The number of carbonyl (C=O) groups excluding carboxylic acids is 3. The maximum Gasteiger partial charge on any atom is 0.349 e. The van der Waals surface area contributed by atoms with Crippen LogP contribution in [0.2, 0.25) is 0 Å². The number of Topliss-reactive ketones (excluding diaryl/α,β-unsaturated/α-hetero) is 1. The van der Waals surface area contributed by atoms with Gasteiger partial charge in [0.05, 0.1) is 31.7 Å². The Kier molecular flexibility index (Phi) is 16.6. The van der Waals surface area contributed by atoms with Crippen molar-refractivity contribution in [2.24, 2.45) is 16.0 Å². The molecule has 3 N–H and O–H groups in total. The van der Waals surface area contributed by atoms with Crippen molar-refractivity contribution in [3.8, 4) is 5.75 Å². The standard InChI is InChI=1S/C31H46N6O5.C3H6O/c1-10-26(13-14-27(11-2)40-9)37-34-23(6)17-25(35-37)19-36(20-28(38)33-32)18-24-15-21(4)29(22(5)16-24)42-31(7,8)30(39)41-12-3;1-3(2)4/h11,13-16H,2,10,12,17-20,32H2,1,3-9H3,(H,33,38);1-2H3/b26-13+,27-14+;. The summed E-state index contributed by atoms with van der Waals surface area (Å²) in [5.41, 5.74) is 6.44. The zero-order valence-corrected chi connectivity index (χ0v) is 29.2. The molecule has 0 bridgehead atoms. The SMILES string of the molecule is C=C/C(=C\C=C(/CC)N1N=C(C)CC(CN(CC(=O)NN)Cc2cc(C)c(OC(C)(C)C(=O)OCC)c(C)c2)=N1)OC.CC(C)=O. The Morgan fingerprint density at radius 3 is 2.20 bits per heavy atom. The van der Waals surface area contributed by atoms with Crippen LogP contribution in [0.5, 0.6) is 5.75 Å². The van der Waals surface area contributed by atoms with E-state index in [-0.39, 0.29) is 24.8 Å². The molecular formula is C34H52N6O6. The van der Waals surface area contributed by atoms with Gasteiger partial charge in [-0.1, -0.05) is 25.6 Å². The highest BCUT2D eigenvalue weighted by atomic mass is 16.6. The van der Waals surface area contributed by atoms with Gasteiger partial charge in [0.15, 0.2) is 5.60 Å². The van der Waals surface area contributed by atoms with Gasteiger partial charge in [0.2, 0.25) is 5.91 Å². The number of hydrazone groups is 2. The van der Waals surface area contributed by atoms with Crippen LogP contribution in [0.15, 0.2) is 58.6 Å². The highest BCUT2D eigenvalue weighted by molar-refractivity contribution is 6.05. The summed E-state index contributed by atoms with van der Waals surface area (Å²) >= 11 is 0. The first kappa shape index (κ1) is 39.7. The first-order valence-corrected chi connectivity index (χ1v) is 15.2. The second-order valence-corrected chi connectivity index (χ2v) is 11.5. The Bertz CT molecular complexity index is 1330. The van der Waals surface area contributed by atoms with Crippen LogP contribution in [0.1, 0.15) is 78.0 Å². The number of nitrogens with one attached hydrogen (secondary N) is 1. The molecule has 0 radical (unpaired) electrons. The lowest BCUT2D eigenvalue weighted by Crippen LogP contribution is -2.43. The Balaban J connectivity index is 0.00000249. The van der Waals surface area contributed by atoms with Gasteiger partial charge < -0.3 is 19.0 Å². The number of esters is 1. The van der Waals surface area contributed by atoms with Crippen LogP contribution in [0.4, 0.5) is 0 Å². The average molecular weight is 641 g/mol. The molecule has 1 heterocycles. The van der Waals surface area contributed by atoms with Gasteiger partial charge in [0, 0.05) is 25.2 Å². The molecule has 1 aromatic carbocycles. The third-order valence-electron chi connectivity index (χ3n) is 6.44. The van der Waals surface area contributed by atoms with Gasteiger partial charge in [0.25, 0.3) is 0 Å². The third kappa shape index (κ3) is 13.4. The van der Waals surface area contributed by atoms with Gasteiger partial charge >= 0.3 is 5.97 Å². The number of nitrogens with zero attached hydrogens (tertiary/aromatic N) is 4. The molecular weight excluding hydrogens is 588 g/mol. The molecule has 254 valence electrons. The van der Waals surface area contributed by atoms with Crippen LogP contribution < -0.4 is 16.0 Å². The molecule has 12 nitrogen and oxygen atoms in total. The van der Waals surface area contributed by atoms with Crippen molar-refractivity contribution >= 4 is 29.1 Å². The van der Waals surface area contributed by atoms with Crippen molar-refractivity contribution in [3.05, 3.63) is 65.1 Å². The van der Waals surface area contributed by atoms with Gasteiger partial charge in [0.1, 0.15) is 17.3 Å². The summed E-state index contributed by atoms with van der Waals surface area (Å²) in [7, 11) is 1.59. The molecule has 0 fully saturated rings. The van der Waals surface area contributed by atoms with E-state index < -0.39 is 11.6 Å². The van der Waals surface area contributed by atoms with E-state index in [0.29, 0.717) is 37.4 Å². The molecule has 1 aromatic rings. The van der Waals surface area contributed by atoms with Crippen LogP contribution in [-0.2, 0) is 30.4 Å². The quantitative estimate of drug-likeness (QED) is 0.0685. The summed E-state index contributed by atoms with van der Waals surface area (Å²) < 4.78 is 16.6. The number of allylic oxidation sites excluding steroid dienone is 4. The Morgan fingerprint density at radius 2 is 1.70 bits per heavy atom. The lowest BCUT2D eigenvalue weighted by atomic mass is 10.0. The van der Waals surface area contributed by atoms with Gasteiger partial charge in [-0.25, -0.2) is 10.6 Å². The van der Waals surface area contributed by atoms with E-state index in [1.165, 1.54) is 13.8 Å². The van der Waals surface area contributed by atoms with Crippen molar-refractivity contribution in [1.82, 2.24) is 15.4 Å². The first-order chi connectivity index (χ1) is 21.6. The molecule has 1 aliphatic rings. The van der Waals surface area contributed by atoms with E-state index in [1.807, 2.05) is 56.9 Å². The lowest BCUT2D eigenvalue weighted by Gasteiger charge is -2.28. The molecule has 0 aromatic heterocycles. The van der Waals surface area contributed by atoms with Crippen molar-refractivity contribution in [2.45, 2.75) is 87.3 Å². The van der Waals surface area contributed by atoms with E-state index in [4.69, 9.17) is 25.2 Å². The maximum absolute atomic E-state index is 12.4. The number of hydrazine groups is 1. The summed E-state index contributed by atoms with van der Waals surface area (Å²) in [4.78, 5) is 36.2. The molecule has 0 unspecified atom stereocenters. The molecule has 46 heavy (non-hydrogen) atoms. The van der Waals surface area contributed by atoms with Crippen molar-refractivity contribution in [2.75, 3.05) is 26.8 Å². The van der Waals surface area contributed by atoms with E-state index in [1.54, 1.807) is 39.1 Å². The van der Waals surface area contributed by atoms with Crippen molar-refractivity contribution < 1.29 is 28.6 Å². The number of hydrogen-bond acceptors (Lipinski definition) is 11. The van der Waals surface area contributed by atoms with Crippen LogP contribution in [-0.4, -0.2) is 71.5 Å². The van der Waals surface area contributed by atoms with Crippen LogP contribution in [0.3, 0.4) is 0 Å². The highest BCUT2D eigenvalue weighted by Crippen LogP contribution is 2.30. The average Bonchev–Trinajstić information content (AvgIpc) is 2.96. The third-order valence-corrected chi connectivity index (χ3v) is 6.44. The summed E-state index contributed by atoms with van der Waals surface area (Å²) in [6, 6.07) is 3.99. The van der Waals surface area contributed by atoms with Gasteiger partial charge in [-0.2, -0.15) is 15.3 Å². The van der Waals surface area contributed by atoms with E-state index in [0.717, 1.165) is 33.8 Å². The predicted molar refractivity (Wildman–Crippen MR) is 182 cm³/mol. The number of hydrogen-bond donors (Lipinski definition) is 2. The van der Waals surface area contributed by atoms with Crippen LogP contribution >= 0.6 is 0 Å². The first-order valence-electron chi connectivity index (χ1n) is 15.2. The summed E-state index contributed by atoms with van der Waals surface area (Å²) in [5, 5.41) is 11.1. The number of benzene rings is 1. The fourth-order valence-electron chi connectivity index (χ4n) is 4.45. The number of amides is 1. The largest absolute Gasteiger partial charge is 0.497 e. The number of carbonyl (C=O) groups is 3. The molecule has 2 rings (SSSR count). The maximum atomic E-state index is 12.4. The van der Waals surface area contributed by atoms with Gasteiger partial charge in [-0.3, -0.25) is 15.1 Å². The molecule has 0 saturated heterocycles. The molecule has 1 amide bonds. The Labute approximate surface area is 274 Å². The number of nitrogens with two attached hydrogens (primary N) is 1. The Morgan fingerprint density at radius 1 is 1.09 bits per heavy atom.